The summed E-state index contributed by atoms with van der Waals surface area (Å²) >= 11 is 7.71. The molecule has 1 aliphatic rings. The first-order valence-corrected chi connectivity index (χ1v) is 8.73. The standard InChI is InChI=1S/C16H16ClN5S/c1-11-8-13-15(19-10-20-16(13)23-11)22-6-4-21(5-7-22)12-2-3-18-14(17)9-12/h2-3,8-10H,4-7H2,1H3. The third-order valence-corrected chi connectivity index (χ3v) is 5.25. The molecule has 0 atom stereocenters. The molecule has 0 N–H and O–H groups in total. The average molecular weight is 346 g/mol. The van der Waals surface area contributed by atoms with E-state index in [4.69, 9.17) is 11.6 Å². The minimum atomic E-state index is 0.538. The van der Waals surface area contributed by atoms with Crippen LogP contribution in [0.25, 0.3) is 10.2 Å². The van der Waals surface area contributed by atoms with E-state index in [0.717, 1.165) is 47.9 Å². The van der Waals surface area contributed by atoms with Gasteiger partial charge in [0.2, 0.25) is 0 Å². The fourth-order valence-electron chi connectivity index (χ4n) is 2.98. The van der Waals surface area contributed by atoms with Gasteiger partial charge >= 0.3 is 0 Å². The van der Waals surface area contributed by atoms with Crippen LogP contribution in [0.1, 0.15) is 4.88 Å². The van der Waals surface area contributed by atoms with E-state index in [1.807, 2.05) is 12.1 Å². The Morgan fingerprint density at radius 2 is 1.83 bits per heavy atom. The van der Waals surface area contributed by atoms with Gasteiger partial charge in [-0.05, 0) is 25.1 Å². The zero-order chi connectivity index (χ0) is 15.8. The summed E-state index contributed by atoms with van der Waals surface area (Å²) in [5, 5.41) is 1.70. The smallest absolute Gasteiger partial charge is 0.140 e. The molecule has 0 unspecified atom stereocenters. The van der Waals surface area contributed by atoms with Gasteiger partial charge in [0.25, 0.3) is 0 Å². The van der Waals surface area contributed by atoms with Crippen LogP contribution in [0.3, 0.4) is 0 Å². The highest BCUT2D eigenvalue weighted by molar-refractivity contribution is 7.18. The van der Waals surface area contributed by atoms with Gasteiger partial charge in [-0.25, -0.2) is 15.0 Å². The van der Waals surface area contributed by atoms with Crippen molar-refractivity contribution < 1.29 is 0 Å². The number of pyridine rings is 1. The Balaban J connectivity index is 1.55. The van der Waals surface area contributed by atoms with Crippen LogP contribution in [0.15, 0.2) is 30.7 Å². The molecular weight excluding hydrogens is 330 g/mol. The highest BCUT2D eigenvalue weighted by Crippen LogP contribution is 2.30. The Morgan fingerprint density at radius 3 is 2.61 bits per heavy atom. The molecule has 0 bridgehead atoms. The number of aromatic nitrogens is 3. The lowest BCUT2D eigenvalue weighted by Crippen LogP contribution is -2.46. The van der Waals surface area contributed by atoms with E-state index < -0.39 is 0 Å². The molecule has 3 aromatic rings. The molecular formula is C16H16ClN5S. The van der Waals surface area contributed by atoms with E-state index >= 15 is 0 Å². The molecule has 0 aliphatic carbocycles. The topological polar surface area (TPSA) is 45.2 Å². The molecule has 0 saturated carbocycles. The molecule has 1 fully saturated rings. The van der Waals surface area contributed by atoms with E-state index in [1.165, 1.54) is 4.88 Å². The number of aryl methyl sites for hydroxylation is 1. The van der Waals surface area contributed by atoms with E-state index in [2.05, 4.69) is 37.7 Å². The van der Waals surface area contributed by atoms with Gasteiger partial charge in [-0.15, -0.1) is 11.3 Å². The quantitative estimate of drug-likeness (QED) is 0.666. The number of anilines is 2. The number of fused-ring (bicyclic) bond motifs is 1. The van der Waals surface area contributed by atoms with Gasteiger partial charge in [0.05, 0.1) is 5.39 Å². The van der Waals surface area contributed by atoms with Gasteiger partial charge in [-0.2, -0.15) is 0 Å². The van der Waals surface area contributed by atoms with Gasteiger partial charge in [-0.1, -0.05) is 11.6 Å². The Labute approximate surface area is 143 Å². The van der Waals surface area contributed by atoms with Crippen molar-refractivity contribution in [2.24, 2.45) is 0 Å². The third-order valence-electron chi connectivity index (χ3n) is 4.09. The maximum atomic E-state index is 5.99. The minimum absolute atomic E-state index is 0.538. The van der Waals surface area contributed by atoms with Crippen LogP contribution in [0.2, 0.25) is 5.15 Å². The number of hydrogen-bond acceptors (Lipinski definition) is 6. The van der Waals surface area contributed by atoms with Crippen LogP contribution in [0, 0.1) is 6.92 Å². The molecule has 118 valence electrons. The minimum Gasteiger partial charge on any atom is -0.368 e. The molecule has 1 saturated heterocycles. The van der Waals surface area contributed by atoms with Gasteiger partial charge < -0.3 is 9.80 Å². The Hall–Kier alpha value is -1.92. The number of hydrogen-bond donors (Lipinski definition) is 0. The normalized spacial score (nSPS) is 15.4. The second-order valence-corrected chi connectivity index (χ2v) is 7.21. The molecule has 0 aromatic carbocycles. The van der Waals surface area contributed by atoms with Crippen molar-refractivity contribution in [3.05, 3.63) is 40.8 Å². The van der Waals surface area contributed by atoms with Crippen molar-refractivity contribution in [3.63, 3.8) is 0 Å². The fraction of sp³-hybridized carbons (Fsp3) is 0.312. The highest BCUT2D eigenvalue weighted by Gasteiger charge is 2.21. The summed E-state index contributed by atoms with van der Waals surface area (Å²) in [4.78, 5) is 20.0. The molecule has 4 rings (SSSR count). The van der Waals surface area contributed by atoms with E-state index in [9.17, 15) is 0 Å². The zero-order valence-corrected chi connectivity index (χ0v) is 14.3. The number of thiophene rings is 1. The first-order valence-electron chi connectivity index (χ1n) is 7.53. The monoisotopic (exact) mass is 345 g/mol. The number of rotatable bonds is 2. The van der Waals surface area contributed by atoms with Gasteiger partial charge in [0.15, 0.2) is 0 Å². The van der Waals surface area contributed by atoms with E-state index in [1.54, 1.807) is 23.9 Å². The molecule has 7 heteroatoms. The molecule has 3 aromatic heterocycles. The van der Waals surface area contributed by atoms with Crippen molar-refractivity contribution >= 4 is 44.7 Å². The van der Waals surface area contributed by atoms with Crippen LogP contribution < -0.4 is 9.80 Å². The molecule has 1 aliphatic heterocycles. The van der Waals surface area contributed by atoms with Crippen LogP contribution in [-0.2, 0) is 0 Å². The fourth-order valence-corrected chi connectivity index (χ4v) is 3.99. The van der Waals surface area contributed by atoms with Crippen molar-refractivity contribution in [1.29, 1.82) is 0 Å². The molecule has 0 amide bonds. The average Bonchev–Trinajstić information content (AvgIpc) is 2.95. The van der Waals surface area contributed by atoms with Crippen molar-refractivity contribution in [1.82, 2.24) is 15.0 Å². The summed E-state index contributed by atoms with van der Waals surface area (Å²) in [6.07, 6.45) is 3.43. The SMILES string of the molecule is Cc1cc2c(N3CCN(c4ccnc(Cl)c4)CC3)ncnc2s1. The maximum Gasteiger partial charge on any atom is 0.140 e. The first-order chi connectivity index (χ1) is 11.2. The molecule has 23 heavy (non-hydrogen) atoms. The Bertz CT molecular complexity index is 841. The van der Waals surface area contributed by atoms with Crippen molar-refractivity contribution in [2.45, 2.75) is 6.92 Å². The summed E-state index contributed by atoms with van der Waals surface area (Å²) in [6, 6.07) is 6.11. The highest BCUT2D eigenvalue weighted by atomic mass is 35.5. The van der Waals surface area contributed by atoms with Crippen LogP contribution in [0.4, 0.5) is 11.5 Å². The van der Waals surface area contributed by atoms with Crippen LogP contribution >= 0.6 is 22.9 Å². The third kappa shape index (κ3) is 2.84. The second kappa shape index (κ2) is 5.94. The predicted octanol–water partition coefficient (Wildman–Crippen LogP) is 3.37. The van der Waals surface area contributed by atoms with E-state index in [-0.39, 0.29) is 0 Å². The summed E-state index contributed by atoms with van der Waals surface area (Å²) in [7, 11) is 0. The largest absolute Gasteiger partial charge is 0.368 e. The van der Waals surface area contributed by atoms with Gasteiger partial charge in [-0.3, -0.25) is 0 Å². The molecule has 5 nitrogen and oxygen atoms in total. The van der Waals surface area contributed by atoms with Gasteiger partial charge in [0.1, 0.15) is 22.1 Å². The number of halogens is 1. The summed E-state index contributed by atoms with van der Waals surface area (Å²) < 4.78 is 0. The summed E-state index contributed by atoms with van der Waals surface area (Å²) in [5.41, 5.74) is 1.13. The predicted molar refractivity (Wildman–Crippen MR) is 95.8 cm³/mol. The van der Waals surface area contributed by atoms with Crippen LogP contribution in [0.5, 0.6) is 0 Å². The Morgan fingerprint density at radius 1 is 1.04 bits per heavy atom. The van der Waals surface area contributed by atoms with Gasteiger partial charge in [0, 0.05) is 42.9 Å². The van der Waals surface area contributed by atoms with E-state index in [0.29, 0.717) is 5.15 Å². The molecule has 4 heterocycles. The van der Waals surface area contributed by atoms with Crippen LogP contribution in [-0.4, -0.2) is 41.1 Å². The maximum absolute atomic E-state index is 5.99. The van der Waals surface area contributed by atoms with Crippen molar-refractivity contribution in [3.8, 4) is 0 Å². The number of nitrogens with zero attached hydrogens (tertiary/aromatic N) is 5. The summed E-state index contributed by atoms with van der Waals surface area (Å²) in [6.45, 7) is 5.85. The second-order valence-electron chi connectivity index (χ2n) is 5.58. The number of piperazine rings is 1. The lowest BCUT2D eigenvalue weighted by Gasteiger charge is -2.36. The zero-order valence-electron chi connectivity index (χ0n) is 12.7. The molecule has 0 radical (unpaired) electrons. The van der Waals surface area contributed by atoms with Crippen molar-refractivity contribution in [2.75, 3.05) is 36.0 Å². The Kier molecular flexibility index (Phi) is 3.79. The lowest BCUT2D eigenvalue weighted by molar-refractivity contribution is 0.648. The first kappa shape index (κ1) is 14.7. The summed E-state index contributed by atoms with van der Waals surface area (Å²) in [5.74, 6) is 1.05. The lowest BCUT2D eigenvalue weighted by atomic mass is 10.2. The molecule has 0 spiro atoms.